The van der Waals surface area contributed by atoms with Gasteiger partial charge in [-0.25, -0.2) is 8.42 Å². The molecular formula is C18H22N4O2S. The number of hydrogen-bond acceptors (Lipinski definition) is 6. The Hall–Kier alpha value is -2.93. The van der Waals surface area contributed by atoms with Crippen LogP contribution in [0.2, 0.25) is 0 Å². The summed E-state index contributed by atoms with van der Waals surface area (Å²) in [6.45, 7) is 0. The average molecular weight is 358 g/mol. The zero-order valence-electron chi connectivity index (χ0n) is 13.7. The molecule has 0 saturated carbocycles. The van der Waals surface area contributed by atoms with Crippen molar-refractivity contribution in [2.45, 2.75) is 22.6 Å². The van der Waals surface area contributed by atoms with Gasteiger partial charge >= 0.3 is 0 Å². The van der Waals surface area contributed by atoms with Gasteiger partial charge in [-0.2, -0.15) is 0 Å². The molecule has 0 bridgehead atoms. The first kappa shape index (κ1) is 18.4. The predicted octanol–water partition coefficient (Wildman–Crippen LogP) is 1.12. The van der Waals surface area contributed by atoms with Gasteiger partial charge in [0.05, 0.1) is 21.4 Å². The van der Waals surface area contributed by atoms with Gasteiger partial charge in [-0.15, -0.1) is 0 Å². The molecule has 7 heteroatoms. The van der Waals surface area contributed by atoms with Gasteiger partial charge in [0, 0.05) is 0 Å². The maximum absolute atomic E-state index is 13.2. The maximum Gasteiger partial charge on any atom is 0.207 e. The molecule has 0 heterocycles. The SMILES string of the molecule is NC(N)=CCc1ccccc1S(=O)(=O)c1ccccc1CC=C(N)N. The molecule has 0 atom stereocenters. The van der Waals surface area contributed by atoms with Gasteiger partial charge in [0.1, 0.15) is 0 Å². The normalized spacial score (nSPS) is 10.9. The topological polar surface area (TPSA) is 138 Å². The van der Waals surface area contributed by atoms with Crippen molar-refractivity contribution in [3.05, 3.63) is 83.5 Å². The molecule has 2 aromatic carbocycles. The van der Waals surface area contributed by atoms with Crippen LogP contribution in [0.3, 0.4) is 0 Å². The standard InChI is InChI=1S/C18H22N4O2S/c19-17(20)11-9-13-5-1-3-7-15(13)25(23,24)16-8-4-2-6-14(16)10-12-18(21)22/h1-8,11-12H,9-10,19-22H2. The quantitative estimate of drug-likeness (QED) is 0.610. The Morgan fingerprint density at radius 3 is 1.44 bits per heavy atom. The molecule has 0 unspecified atom stereocenters. The van der Waals surface area contributed by atoms with E-state index in [0.717, 1.165) is 0 Å². The van der Waals surface area contributed by atoms with Gasteiger partial charge in [0.15, 0.2) is 0 Å². The Morgan fingerprint density at radius 2 is 1.08 bits per heavy atom. The Morgan fingerprint density at radius 1 is 0.720 bits per heavy atom. The van der Waals surface area contributed by atoms with Gasteiger partial charge in [-0.05, 0) is 48.3 Å². The third kappa shape index (κ3) is 4.54. The van der Waals surface area contributed by atoms with Crippen LogP contribution in [0.4, 0.5) is 0 Å². The van der Waals surface area contributed by atoms with Crippen LogP contribution in [0.1, 0.15) is 11.1 Å². The van der Waals surface area contributed by atoms with Crippen molar-refractivity contribution in [3.63, 3.8) is 0 Å². The van der Waals surface area contributed by atoms with E-state index in [-0.39, 0.29) is 21.4 Å². The molecule has 0 spiro atoms. The van der Waals surface area contributed by atoms with E-state index >= 15 is 0 Å². The van der Waals surface area contributed by atoms with Crippen molar-refractivity contribution in [1.29, 1.82) is 0 Å². The van der Waals surface area contributed by atoms with E-state index in [1.54, 1.807) is 60.7 Å². The van der Waals surface area contributed by atoms with Gasteiger partial charge < -0.3 is 22.9 Å². The Kier molecular flexibility index (Phi) is 5.71. The van der Waals surface area contributed by atoms with E-state index in [9.17, 15) is 8.42 Å². The van der Waals surface area contributed by atoms with Crippen molar-refractivity contribution in [2.75, 3.05) is 0 Å². The van der Waals surface area contributed by atoms with E-state index in [4.69, 9.17) is 22.9 Å². The molecule has 0 aliphatic heterocycles. The van der Waals surface area contributed by atoms with Crippen LogP contribution in [0.25, 0.3) is 0 Å². The number of allylic oxidation sites excluding steroid dienone is 2. The highest BCUT2D eigenvalue weighted by molar-refractivity contribution is 7.91. The summed E-state index contributed by atoms with van der Waals surface area (Å²) in [7, 11) is -3.72. The molecule has 0 amide bonds. The summed E-state index contributed by atoms with van der Waals surface area (Å²) < 4.78 is 26.4. The summed E-state index contributed by atoms with van der Waals surface area (Å²) in [5, 5.41) is 0. The zero-order valence-corrected chi connectivity index (χ0v) is 14.5. The Balaban J connectivity index is 2.54. The van der Waals surface area contributed by atoms with E-state index in [2.05, 4.69) is 0 Å². The maximum atomic E-state index is 13.2. The fourth-order valence-corrected chi connectivity index (χ4v) is 4.19. The molecule has 25 heavy (non-hydrogen) atoms. The zero-order chi connectivity index (χ0) is 18.4. The lowest BCUT2D eigenvalue weighted by atomic mass is 10.1. The van der Waals surface area contributed by atoms with Crippen LogP contribution in [0, 0.1) is 0 Å². The van der Waals surface area contributed by atoms with Crippen molar-refractivity contribution in [2.24, 2.45) is 22.9 Å². The van der Waals surface area contributed by atoms with Crippen molar-refractivity contribution >= 4 is 9.84 Å². The van der Waals surface area contributed by atoms with Crippen LogP contribution in [0.15, 0.2) is 82.1 Å². The predicted molar refractivity (Wildman–Crippen MR) is 98.7 cm³/mol. The van der Waals surface area contributed by atoms with Crippen molar-refractivity contribution < 1.29 is 8.42 Å². The Labute approximate surface area is 147 Å². The second kappa shape index (κ2) is 7.76. The number of hydrogen-bond donors (Lipinski definition) is 4. The van der Waals surface area contributed by atoms with Gasteiger partial charge in [-0.3, -0.25) is 0 Å². The summed E-state index contributed by atoms with van der Waals surface area (Å²) in [4.78, 5) is 0.453. The smallest absolute Gasteiger partial charge is 0.207 e. The molecule has 2 aromatic rings. The lowest BCUT2D eigenvalue weighted by molar-refractivity contribution is 0.594. The highest BCUT2D eigenvalue weighted by Crippen LogP contribution is 2.27. The molecule has 132 valence electrons. The van der Waals surface area contributed by atoms with Crippen molar-refractivity contribution in [1.82, 2.24) is 0 Å². The van der Waals surface area contributed by atoms with Gasteiger partial charge in [0.25, 0.3) is 0 Å². The first-order valence-corrected chi connectivity index (χ1v) is 9.14. The first-order valence-electron chi connectivity index (χ1n) is 7.65. The fraction of sp³-hybridized carbons (Fsp3) is 0.111. The lowest BCUT2D eigenvalue weighted by Crippen LogP contribution is -2.11. The van der Waals surface area contributed by atoms with Crippen LogP contribution >= 0.6 is 0 Å². The van der Waals surface area contributed by atoms with E-state index < -0.39 is 9.84 Å². The number of nitrogens with two attached hydrogens (primary N) is 4. The van der Waals surface area contributed by atoms with Crippen LogP contribution in [0.5, 0.6) is 0 Å². The second-order valence-corrected chi connectivity index (χ2v) is 7.42. The summed E-state index contributed by atoms with van der Waals surface area (Å²) >= 11 is 0. The lowest BCUT2D eigenvalue weighted by Gasteiger charge is -2.12. The Bertz CT molecular complexity index is 841. The van der Waals surface area contributed by atoms with E-state index in [1.165, 1.54) is 0 Å². The molecule has 2 rings (SSSR count). The van der Waals surface area contributed by atoms with Crippen molar-refractivity contribution in [3.8, 4) is 0 Å². The highest BCUT2D eigenvalue weighted by Gasteiger charge is 2.23. The molecule has 8 N–H and O–H groups in total. The first-order chi connectivity index (χ1) is 11.8. The van der Waals surface area contributed by atoms with Gasteiger partial charge in [0.2, 0.25) is 9.84 Å². The number of sulfone groups is 1. The summed E-state index contributed by atoms with van der Waals surface area (Å²) in [6, 6.07) is 13.6. The molecular weight excluding hydrogens is 336 g/mol. The van der Waals surface area contributed by atoms with Crippen LogP contribution in [-0.4, -0.2) is 8.42 Å². The fourth-order valence-electron chi connectivity index (χ4n) is 2.44. The molecule has 0 aromatic heterocycles. The minimum Gasteiger partial charge on any atom is -0.386 e. The second-order valence-electron chi connectivity index (χ2n) is 5.54. The van der Waals surface area contributed by atoms with Gasteiger partial charge in [-0.1, -0.05) is 36.4 Å². The summed E-state index contributed by atoms with van der Waals surface area (Å²) in [6.07, 6.45) is 3.82. The molecule has 0 aliphatic rings. The number of rotatable bonds is 6. The average Bonchev–Trinajstić information content (AvgIpc) is 2.58. The molecule has 0 fully saturated rings. The molecule has 0 radical (unpaired) electrons. The third-order valence-corrected chi connectivity index (χ3v) is 5.59. The van der Waals surface area contributed by atoms with Crippen LogP contribution < -0.4 is 22.9 Å². The molecule has 6 nitrogen and oxygen atoms in total. The molecule has 0 saturated heterocycles. The minimum atomic E-state index is -3.72. The molecule has 0 aliphatic carbocycles. The summed E-state index contributed by atoms with van der Waals surface area (Å²) in [5.41, 5.74) is 23.1. The van der Waals surface area contributed by atoms with Crippen LogP contribution in [-0.2, 0) is 22.7 Å². The minimum absolute atomic E-state index is 0.149. The summed E-state index contributed by atoms with van der Waals surface area (Å²) in [5.74, 6) is 0.298. The monoisotopic (exact) mass is 358 g/mol. The van der Waals surface area contributed by atoms with E-state index in [1.807, 2.05) is 0 Å². The van der Waals surface area contributed by atoms with E-state index in [0.29, 0.717) is 24.0 Å². The largest absolute Gasteiger partial charge is 0.386 e. The highest BCUT2D eigenvalue weighted by atomic mass is 32.2. The number of benzene rings is 2. The third-order valence-electron chi connectivity index (χ3n) is 3.64.